The molecule has 0 aliphatic heterocycles. The van der Waals surface area contributed by atoms with E-state index in [9.17, 15) is 13.2 Å². The zero-order valence-electron chi connectivity index (χ0n) is 6.65. The van der Waals surface area contributed by atoms with E-state index in [0.29, 0.717) is 0 Å². The summed E-state index contributed by atoms with van der Waals surface area (Å²) in [5, 5.41) is 0. The van der Waals surface area contributed by atoms with Crippen LogP contribution in [0.4, 0.5) is 13.2 Å². The second-order valence-electron chi connectivity index (χ2n) is 2.57. The molecule has 0 atom stereocenters. The van der Waals surface area contributed by atoms with Gasteiger partial charge >= 0.3 is 0 Å². The van der Waals surface area contributed by atoms with Crippen LogP contribution in [0.2, 0.25) is 0 Å². The van der Waals surface area contributed by atoms with Crippen molar-refractivity contribution < 1.29 is 13.2 Å². The van der Waals surface area contributed by atoms with Gasteiger partial charge in [-0.25, -0.2) is 13.2 Å². The molecule has 0 bridgehead atoms. The molecule has 0 unspecified atom stereocenters. The lowest BCUT2D eigenvalue weighted by molar-refractivity contribution is -0.00856. The summed E-state index contributed by atoms with van der Waals surface area (Å²) in [5.74, 6) is -3.54. The van der Waals surface area contributed by atoms with E-state index in [2.05, 4.69) is 0 Å². The molecule has 0 spiro atoms. The molecule has 66 valence electrons. The first kappa shape index (κ1) is 9.10. The van der Waals surface area contributed by atoms with Crippen LogP contribution in [0.1, 0.15) is 18.9 Å². The number of alkyl halides is 2. The molecule has 0 aromatic heterocycles. The van der Waals surface area contributed by atoms with Crippen molar-refractivity contribution in [1.29, 1.82) is 0 Å². The summed E-state index contributed by atoms with van der Waals surface area (Å²) in [6.45, 7) is 1.37. The maximum absolute atomic E-state index is 12.9. The predicted octanol–water partition coefficient (Wildman–Crippen LogP) is 3.33. The van der Waals surface area contributed by atoms with Crippen LogP contribution in [-0.2, 0) is 5.92 Å². The Bertz CT molecular complexity index is 268. The molecule has 0 aliphatic carbocycles. The van der Waals surface area contributed by atoms with Crippen LogP contribution in [0.5, 0.6) is 0 Å². The molecule has 3 heteroatoms. The van der Waals surface area contributed by atoms with Gasteiger partial charge in [-0.3, -0.25) is 0 Å². The molecule has 1 rings (SSSR count). The number of halogens is 3. The van der Waals surface area contributed by atoms with Crippen LogP contribution in [0.25, 0.3) is 0 Å². The summed E-state index contributed by atoms with van der Waals surface area (Å²) in [7, 11) is 0. The Balaban J connectivity index is 3.03. The Morgan fingerprint density at radius 1 is 1.33 bits per heavy atom. The molecule has 0 amide bonds. The quantitative estimate of drug-likeness (QED) is 0.645. The summed E-state index contributed by atoms with van der Waals surface area (Å²) in [4.78, 5) is 0. The van der Waals surface area contributed by atoms with Crippen LogP contribution in [0, 0.1) is 5.82 Å². The summed E-state index contributed by atoms with van der Waals surface area (Å²) in [6.07, 6.45) is -0.309. The Hall–Kier alpha value is -0.990. The Morgan fingerprint density at radius 2 is 2.00 bits per heavy atom. The first-order valence-corrected chi connectivity index (χ1v) is 3.70. The number of hydrogen-bond donors (Lipinski definition) is 0. The van der Waals surface area contributed by atoms with E-state index < -0.39 is 11.7 Å². The molecule has 0 saturated carbocycles. The Labute approximate surface area is 69.0 Å². The van der Waals surface area contributed by atoms with Gasteiger partial charge < -0.3 is 0 Å². The van der Waals surface area contributed by atoms with Crippen LogP contribution >= 0.6 is 0 Å². The normalized spacial score (nSPS) is 11.7. The smallest absolute Gasteiger partial charge is 0.207 e. The lowest BCUT2D eigenvalue weighted by atomic mass is 10.1. The zero-order valence-corrected chi connectivity index (χ0v) is 6.65. The van der Waals surface area contributed by atoms with E-state index >= 15 is 0 Å². The average molecular weight is 174 g/mol. The largest absolute Gasteiger partial charge is 0.273 e. The fraction of sp³-hybridized carbons (Fsp3) is 0.333. The summed E-state index contributed by atoms with van der Waals surface area (Å²) in [5.41, 5.74) is -0.259. The lowest BCUT2D eigenvalue weighted by Crippen LogP contribution is -2.11. The predicted molar refractivity (Wildman–Crippen MR) is 40.6 cm³/mol. The second kappa shape index (κ2) is 3.17. The van der Waals surface area contributed by atoms with Crippen molar-refractivity contribution in [3.63, 3.8) is 0 Å². The highest BCUT2D eigenvalue weighted by Crippen LogP contribution is 2.31. The molecular formula is C9H9F3. The van der Waals surface area contributed by atoms with Crippen LogP contribution < -0.4 is 0 Å². The zero-order chi connectivity index (χ0) is 9.19. The van der Waals surface area contributed by atoms with Gasteiger partial charge in [0.05, 0.1) is 0 Å². The Morgan fingerprint density at radius 3 is 2.50 bits per heavy atom. The number of rotatable bonds is 2. The van der Waals surface area contributed by atoms with Gasteiger partial charge in [-0.1, -0.05) is 19.1 Å². The number of benzene rings is 1. The first-order chi connectivity index (χ1) is 5.56. The summed E-state index contributed by atoms with van der Waals surface area (Å²) >= 11 is 0. The van der Waals surface area contributed by atoms with Crippen LogP contribution in [0.15, 0.2) is 24.3 Å². The van der Waals surface area contributed by atoms with Crippen molar-refractivity contribution in [2.45, 2.75) is 19.3 Å². The first-order valence-electron chi connectivity index (χ1n) is 3.70. The third kappa shape index (κ3) is 1.78. The molecule has 0 aliphatic rings. The average Bonchev–Trinajstić information content (AvgIpc) is 2.05. The molecule has 0 N–H and O–H groups in total. The summed E-state index contributed by atoms with van der Waals surface area (Å²) in [6, 6.07) is 4.53. The third-order valence-electron chi connectivity index (χ3n) is 1.69. The maximum Gasteiger partial charge on any atom is 0.273 e. The minimum Gasteiger partial charge on any atom is -0.207 e. The molecule has 0 fully saturated rings. The van der Waals surface area contributed by atoms with Gasteiger partial charge in [0.2, 0.25) is 0 Å². The minimum atomic E-state index is -2.91. The van der Waals surface area contributed by atoms with Crippen molar-refractivity contribution in [3.8, 4) is 0 Å². The highest BCUT2D eigenvalue weighted by atomic mass is 19.3. The van der Waals surface area contributed by atoms with Crippen molar-refractivity contribution in [2.24, 2.45) is 0 Å². The molecular weight excluding hydrogens is 165 g/mol. The van der Waals surface area contributed by atoms with Gasteiger partial charge in [0.15, 0.2) is 0 Å². The van der Waals surface area contributed by atoms with E-state index in [-0.39, 0.29) is 12.0 Å². The van der Waals surface area contributed by atoms with Gasteiger partial charge in [-0.2, -0.15) is 0 Å². The second-order valence-corrected chi connectivity index (χ2v) is 2.57. The third-order valence-corrected chi connectivity index (χ3v) is 1.69. The van der Waals surface area contributed by atoms with Gasteiger partial charge in [-0.15, -0.1) is 0 Å². The van der Waals surface area contributed by atoms with Crippen molar-refractivity contribution in [2.75, 3.05) is 0 Å². The fourth-order valence-electron chi connectivity index (χ4n) is 0.920. The molecule has 12 heavy (non-hydrogen) atoms. The summed E-state index contributed by atoms with van der Waals surface area (Å²) < 4.78 is 38.3. The fourth-order valence-corrected chi connectivity index (χ4v) is 0.920. The number of hydrogen-bond acceptors (Lipinski definition) is 0. The van der Waals surface area contributed by atoms with Gasteiger partial charge in [-0.05, 0) is 12.1 Å². The van der Waals surface area contributed by atoms with Crippen LogP contribution in [0.3, 0.4) is 0 Å². The minimum absolute atomic E-state index is 0.259. The van der Waals surface area contributed by atoms with Crippen molar-refractivity contribution >= 4 is 0 Å². The molecule has 0 saturated heterocycles. The van der Waals surface area contributed by atoms with Crippen LogP contribution in [-0.4, -0.2) is 0 Å². The molecule has 0 nitrogen and oxygen atoms in total. The van der Waals surface area contributed by atoms with E-state index in [1.54, 1.807) is 0 Å². The molecule has 0 radical (unpaired) electrons. The van der Waals surface area contributed by atoms with E-state index in [0.717, 1.165) is 12.1 Å². The van der Waals surface area contributed by atoms with E-state index in [4.69, 9.17) is 0 Å². The van der Waals surface area contributed by atoms with Gasteiger partial charge in [0.25, 0.3) is 5.92 Å². The van der Waals surface area contributed by atoms with E-state index in [1.165, 1.54) is 19.1 Å². The monoisotopic (exact) mass is 174 g/mol. The molecule has 1 aromatic carbocycles. The molecule has 0 heterocycles. The molecule has 1 aromatic rings. The van der Waals surface area contributed by atoms with Crippen molar-refractivity contribution in [3.05, 3.63) is 35.6 Å². The van der Waals surface area contributed by atoms with Crippen molar-refractivity contribution in [1.82, 2.24) is 0 Å². The lowest BCUT2D eigenvalue weighted by Gasteiger charge is -2.13. The SMILES string of the molecule is CCC(F)(F)c1cccc(F)c1. The highest BCUT2D eigenvalue weighted by molar-refractivity contribution is 5.20. The maximum atomic E-state index is 12.9. The standard InChI is InChI=1S/C9H9F3/c1-2-9(11,12)7-4-3-5-8(10)6-7/h3-6H,2H2,1H3. The Kier molecular flexibility index (Phi) is 2.40. The van der Waals surface area contributed by atoms with Gasteiger partial charge in [0, 0.05) is 12.0 Å². The topological polar surface area (TPSA) is 0 Å². The highest BCUT2D eigenvalue weighted by Gasteiger charge is 2.28. The van der Waals surface area contributed by atoms with E-state index in [1.807, 2.05) is 0 Å². The van der Waals surface area contributed by atoms with Gasteiger partial charge in [0.1, 0.15) is 5.82 Å².